The van der Waals surface area contributed by atoms with Crippen molar-refractivity contribution >= 4 is 11.6 Å². The van der Waals surface area contributed by atoms with Crippen LogP contribution in [-0.4, -0.2) is 21.9 Å². The van der Waals surface area contributed by atoms with Crippen molar-refractivity contribution in [2.45, 2.75) is 13.0 Å². The fraction of sp³-hybridized carbons (Fsp3) is 0.273. The van der Waals surface area contributed by atoms with Crippen molar-refractivity contribution < 1.29 is 4.74 Å². The summed E-state index contributed by atoms with van der Waals surface area (Å²) in [5.74, 6) is 0.587. The van der Waals surface area contributed by atoms with E-state index in [0.717, 1.165) is 5.69 Å². The fourth-order valence-corrected chi connectivity index (χ4v) is 1.58. The first-order valence-corrected chi connectivity index (χ1v) is 5.21. The minimum atomic E-state index is -0.111. The lowest BCUT2D eigenvalue weighted by Crippen LogP contribution is -2.08. The van der Waals surface area contributed by atoms with Gasteiger partial charge in [-0.05, 0) is 19.1 Å². The molecule has 0 fully saturated rings. The van der Waals surface area contributed by atoms with Crippen molar-refractivity contribution in [3.8, 4) is 5.82 Å². The van der Waals surface area contributed by atoms with Gasteiger partial charge in [-0.2, -0.15) is 5.10 Å². The summed E-state index contributed by atoms with van der Waals surface area (Å²) < 4.78 is 6.87. The highest BCUT2D eigenvalue weighted by Crippen LogP contribution is 2.22. The van der Waals surface area contributed by atoms with Crippen LogP contribution in [0.2, 0.25) is 5.02 Å². The topological polar surface area (TPSA) is 39.9 Å². The van der Waals surface area contributed by atoms with Gasteiger partial charge in [-0.15, -0.1) is 0 Å². The highest BCUT2D eigenvalue weighted by Gasteiger charge is 2.14. The number of methoxy groups -OCH3 is 1. The summed E-state index contributed by atoms with van der Waals surface area (Å²) in [7, 11) is 1.63. The van der Waals surface area contributed by atoms with Crippen LogP contribution in [0.4, 0.5) is 0 Å². The molecule has 1 atom stereocenters. The van der Waals surface area contributed by atoms with Gasteiger partial charge < -0.3 is 4.74 Å². The lowest BCUT2D eigenvalue weighted by molar-refractivity contribution is 0.113. The Balaban J connectivity index is 2.49. The maximum atomic E-state index is 6.06. The van der Waals surface area contributed by atoms with Crippen LogP contribution in [0.15, 0.2) is 24.5 Å². The van der Waals surface area contributed by atoms with Gasteiger partial charge >= 0.3 is 0 Å². The van der Waals surface area contributed by atoms with Crippen LogP contribution in [0, 0.1) is 6.07 Å². The first-order chi connectivity index (χ1) is 7.74. The molecular formula is C11H11ClN3O. The van der Waals surface area contributed by atoms with Crippen LogP contribution < -0.4 is 0 Å². The van der Waals surface area contributed by atoms with E-state index in [0.29, 0.717) is 10.8 Å². The molecule has 4 nitrogen and oxygen atoms in total. The minimum Gasteiger partial charge on any atom is -0.375 e. The third kappa shape index (κ3) is 1.94. The van der Waals surface area contributed by atoms with E-state index < -0.39 is 0 Å². The second-order valence-electron chi connectivity index (χ2n) is 3.27. The van der Waals surface area contributed by atoms with Crippen LogP contribution in [0.1, 0.15) is 18.7 Å². The number of hydrogen-bond acceptors (Lipinski definition) is 3. The second-order valence-corrected chi connectivity index (χ2v) is 3.68. The third-order valence-corrected chi connectivity index (χ3v) is 2.59. The smallest absolute Gasteiger partial charge is 0.172 e. The molecule has 0 aromatic carbocycles. The second kappa shape index (κ2) is 4.63. The summed E-state index contributed by atoms with van der Waals surface area (Å²) >= 11 is 6.06. The predicted molar refractivity (Wildman–Crippen MR) is 60.6 cm³/mol. The zero-order valence-corrected chi connectivity index (χ0v) is 9.77. The van der Waals surface area contributed by atoms with E-state index in [1.165, 1.54) is 0 Å². The largest absolute Gasteiger partial charge is 0.375 e. The Morgan fingerprint density at radius 3 is 3.06 bits per heavy atom. The minimum absolute atomic E-state index is 0.111. The first kappa shape index (κ1) is 11.1. The average molecular weight is 237 g/mol. The van der Waals surface area contributed by atoms with Crippen molar-refractivity contribution in [2.24, 2.45) is 0 Å². The Morgan fingerprint density at radius 2 is 2.38 bits per heavy atom. The Morgan fingerprint density at radius 1 is 1.56 bits per heavy atom. The lowest BCUT2D eigenvalue weighted by atomic mass is 10.3. The van der Waals surface area contributed by atoms with Crippen LogP contribution >= 0.6 is 11.6 Å². The van der Waals surface area contributed by atoms with Crippen LogP contribution in [0.25, 0.3) is 5.82 Å². The van der Waals surface area contributed by atoms with Gasteiger partial charge in [-0.1, -0.05) is 11.6 Å². The quantitative estimate of drug-likeness (QED) is 0.822. The molecule has 0 aliphatic heterocycles. The Hall–Kier alpha value is -1.39. The highest BCUT2D eigenvalue weighted by atomic mass is 35.5. The van der Waals surface area contributed by atoms with Crippen molar-refractivity contribution in [1.29, 1.82) is 0 Å². The summed E-state index contributed by atoms with van der Waals surface area (Å²) in [6.45, 7) is 1.92. The third-order valence-electron chi connectivity index (χ3n) is 2.29. The molecule has 1 unspecified atom stereocenters. The van der Waals surface area contributed by atoms with Gasteiger partial charge in [0.05, 0.1) is 23.0 Å². The van der Waals surface area contributed by atoms with E-state index >= 15 is 0 Å². The number of pyridine rings is 1. The van der Waals surface area contributed by atoms with Gasteiger partial charge in [-0.25, -0.2) is 9.67 Å². The van der Waals surface area contributed by atoms with E-state index in [4.69, 9.17) is 16.3 Å². The highest BCUT2D eigenvalue weighted by molar-refractivity contribution is 6.32. The summed E-state index contributed by atoms with van der Waals surface area (Å²) in [6.07, 6.45) is 3.14. The van der Waals surface area contributed by atoms with E-state index in [9.17, 15) is 0 Å². The van der Waals surface area contributed by atoms with Gasteiger partial charge in [0.15, 0.2) is 5.82 Å². The molecule has 0 spiro atoms. The SMILES string of the molecule is COC(C)c1[c]cnn1-c1ncccc1Cl. The van der Waals surface area contributed by atoms with Crippen molar-refractivity contribution in [3.63, 3.8) is 0 Å². The van der Waals surface area contributed by atoms with Crippen LogP contribution in [0.5, 0.6) is 0 Å². The Labute approximate surface area is 98.8 Å². The van der Waals surface area contributed by atoms with E-state index in [-0.39, 0.29) is 6.10 Å². The zero-order chi connectivity index (χ0) is 11.5. The first-order valence-electron chi connectivity index (χ1n) is 4.83. The number of aromatic nitrogens is 3. The Kier molecular flexibility index (Phi) is 3.22. The molecule has 2 aromatic heterocycles. The van der Waals surface area contributed by atoms with Crippen molar-refractivity contribution in [3.05, 3.63) is 41.3 Å². The number of hydrogen-bond donors (Lipinski definition) is 0. The molecule has 0 saturated carbocycles. The molecule has 0 aliphatic rings. The summed E-state index contributed by atoms with van der Waals surface area (Å²) in [5, 5.41) is 4.70. The van der Waals surface area contributed by atoms with Crippen LogP contribution in [-0.2, 0) is 4.74 Å². The molecular weight excluding hydrogens is 226 g/mol. The lowest BCUT2D eigenvalue weighted by Gasteiger charge is -2.12. The molecule has 0 aliphatic carbocycles. The summed E-state index contributed by atoms with van der Waals surface area (Å²) in [6, 6.07) is 6.56. The van der Waals surface area contributed by atoms with Crippen LogP contribution in [0.3, 0.4) is 0 Å². The molecule has 2 rings (SSSR count). The predicted octanol–water partition coefficient (Wildman–Crippen LogP) is 2.43. The molecule has 83 valence electrons. The number of rotatable bonds is 3. The summed E-state index contributed by atoms with van der Waals surface area (Å²) in [4.78, 5) is 4.19. The van der Waals surface area contributed by atoms with Gasteiger partial charge in [-0.3, -0.25) is 0 Å². The van der Waals surface area contributed by atoms with Gasteiger partial charge in [0.2, 0.25) is 0 Å². The molecule has 16 heavy (non-hydrogen) atoms. The maximum absolute atomic E-state index is 6.06. The molecule has 0 saturated heterocycles. The van der Waals surface area contributed by atoms with E-state index in [1.807, 2.05) is 6.92 Å². The molecule has 2 heterocycles. The monoisotopic (exact) mass is 236 g/mol. The Bertz CT molecular complexity index is 484. The average Bonchev–Trinajstić information content (AvgIpc) is 2.77. The number of halogens is 1. The summed E-state index contributed by atoms with van der Waals surface area (Å²) in [5.41, 5.74) is 0.795. The van der Waals surface area contributed by atoms with E-state index in [1.54, 1.807) is 36.3 Å². The molecule has 5 heteroatoms. The van der Waals surface area contributed by atoms with Gasteiger partial charge in [0.25, 0.3) is 0 Å². The molecule has 1 radical (unpaired) electrons. The van der Waals surface area contributed by atoms with Crippen molar-refractivity contribution in [2.75, 3.05) is 7.11 Å². The zero-order valence-electron chi connectivity index (χ0n) is 9.01. The molecule has 0 amide bonds. The fourth-order valence-electron chi connectivity index (χ4n) is 1.38. The number of ether oxygens (including phenoxy) is 1. The van der Waals surface area contributed by atoms with Crippen molar-refractivity contribution in [1.82, 2.24) is 14.8 Å². The molecule has 2 aromatic rings. The normalized spacial score (nSPS) is 12.7. The van der Waals surface area contributed by atoms with Gasteiger partial charge in [0.1, 0.15) is 0 Å². The maximum Gasteiger partial charge on any atom is 0.172 e. The van der Waals surface area contributed by atoms with Gasteiger partial charge in [0, 0.05) is 19.4 Å². The van der Waals surface area contributed by atoms with E-state index in [2.05, 4.69) is 16.1 Å². The molecule has 0 N–H and O–H groups in total. The molecule has 0 bridgehead atoms. The number of nitrogens with zero attached hydrogens (tertiary/aromatic N) is 3. The standard InChI is InChI=1S/C11H11ClN3O/c1-8(16-2)10-5-7-14-15(10)11-9(12)4-3-6-13-11/h3-4,6-8H,1-2H3.